The van der Waals surface area contributed by atoms with Gasteiger partial charge in [-0.05, 0) is 67.6 Å². The minimum absolute atomic E-state index is 0.224. The minimum atomic E-state index is -0.460. The predicted octanol–water partition coefficient (Wildman–Crippen LogP) is 3.84. The monoisotopic (exact) mass is 394 g/mol. The Balaban J connectivity index is 1.69. The van der Waals surface area contributed by atoms with Gasteiger partial charge in [-0.15, -0.1) is 5.10 Å². The molecule has 7 heteroatoms. The highest BCUT2D eigenvalue weighted by Gasteiger charge is 2.28. The van der Waals surface area contributed by atoms with E-state index in [1.165, 1.54) is 0 Å². The highest BCUT2D eigenvalue weighted by molar-refractivity contribution is 9.10. The first kappa shape index (κ1) is 17.2. The summed E-state index contributed by atoms with van der Waals surface area (Å²) in [7, 11) is 0. The number of aromatic nitrogens is 3. The van der Waals surface area contributed by atoms with E-state index in [1.54, 1.807) is 0 Å². The Labute approximate surface area is 150 Å². The third kappa shape index (κ3) is 3.88. The number of rotatable bonds is 2. The van der Waals surface area contributed by atoms with Gasteiger partial charge in [0.2, 0.25) is 0 Å². The molecule has 0 spiro atoms. The first-order valence-corrected chi connectivity index (χ1v) is 9.08. The number of ether oxygens (including phenoxy) is 1. The number of fused-ring (bicyclic) bond motifs is 1. The van der Waals surface area contributed by atoms with Crippen molar-refractivity contribution in [1.82, 2.24) is 19.9 Å². The number of halogens is 1. The van der Waals surface area contributed by atoms with Gasteiger partial charge in [0.1, 0.15) is 11.1 Å². The fraction of sp³-hybridized carbons (Fsp3) is 0.588. The standard InChI is InChI=1S/C17H23BrN4O2/c1-17(2,3)24-16(23)21-9-5-6-12(10-21)11-22-14-8-4-7-13(18)15(14)19-20-22/h4,7-8,12H,5-6,9-11H2,1-3H3. The van der Waals surface area contributed by atoms with Crippen molar-refractivity contribution < 1.29 is 9.53 Å². The summed E-state index contributed by atoms with van der Waals surface area (Å²) in [4.78, 5) is 14.1. The maximum Gasteiger partial charge on any atom is 0.410 e. The van der Waals surface area contributed by atoms with E-state index in [9.17, 15) is 4.79 Å². The number of hydrogen-bond donors (Lipinski definition) is 0. The van der Waals surface area contributed by atoms with E-state index in [4.69, 9.17) is 4.74 Å². The number of hydrogen-bond acceptors (Lipinski definition) is 4. The van der Waals surface area contributed by atoms with Gasteiger partial charge >= 0.3 is 6.09 Å². The molecule has 3 rings (SSSR count). The predicted molar refractivity (Wildman–Crippen MR) is 95.8 cm³/mol. The largest absolute Gasteiger partial charge is 0.444 e. The van der Waals surface area contributed by atoms with Crippen LogP contribution in [0, 0.1) is 5.92 Å². The summed E-state index contributed by atoms with van der Waals surface area (Å²) in [6.07, 6.45) is 1.84. The molecule has 1 unspecified atom stereocenters. The molecular weight excluding hydrogens is 372 g/mol. The van der Waals surface area contributed by atoms with Crippen LogP contribution in [0.3, 0.4) is 0 Å². The number of amides is 1. The summed E-state index contributed by atoms with van der Waals surface area (Å²) >= 11 is 3.51. The molecule has 2 aromatic rings. The first-order chi connectivity index (χ1) is 11.3. The van der Waals surface area contributed by atoms with Gasteiger partial charge in [0.05, 0.1) is 5.52 Å². The smallest absolute Gasteiger partial charge is 0.410 e. The first-order valence-electron chi connectivity index (χ1n) is 8.29. The van der Waals surface area contributed by atoms with Gasteiger partial charge in [0, 0.05) is 24.1 Å². The number of nitrogens with zero attached hydrogens (tertiary/aromatic N) is 4. The SMILES string of the molecule is CC(C)(C)OC(=O)N1CCCC(Cn2nnc3c(Br)cccc32)C1. The van der Waals surface area contributed by atoms with Gasteiger partial charge in [-0.2, -0.15) is 0 Å². The molecular formula is C17H23BrN4O2. The molecule has 1 atom stereocenters. The van der Waals surface area contributed by atoms with Crippen LogP contribution in [-0.2, 0) is 11.3 Å². The van der Waals surface area contributed by atoms with Crippen LogP contribution in [0.15, 0.2) is 22.7 Å². The molecule has 1 aromatic carbocycles. The van der Waals surface area contributed by atoms with Crippen molar-refractivity contribution in [3.63, 3.8) is 0 Å². The van der Waals surface area contributed by atoms with Crippen LogP contribution in [0.1, 0.15) is 33.6 Å². The van der Waals surface area contributed by atoms with Crippen molar-refractivity contribution in [2.24, 2.45) is 5.92 Å². The molecule has 1 saturated heterocycles. The molecule has 1 aliphatic heterocycles. The molecule has 130 valence electrons. The molecule has 2 heterocycles. The van der Waals surface area contributed by atoms with Crippen molar-refractivity contribution in [3.8, 4) is 0 Å². The molecule has 0 bridgehead atoms. The van der Waals surface area contributed by atoms with Crippen molar-refractivity contribution in [1.29, 1.82) is 0 Å². The van der Waals surface area contributed by atoms with Gasteiger partial charge in [-0.3, -0.25) is 0 Å². The molecule has 24 heavy (non-hydrogen) atoms. The number of benzene rings is 1. The Kier molecular flexibility index (Phi) is 4.80. The molecule has 0 aliphatic carbocycles. The van der Waals surface area contributed by atoms with Crippen LogP contribution in [0.2, 0.25) is 0 Å². The summed E-state index contributed by atoms with van der Waals surface area (Å²) in [5, 5.41) is 8.53. The third-order valence-corrected chi connectivity index (χ3v) is 4.74. The van der Waals surface area contributed by atoms with Gasteiger partial charge in [0.25, 0.3) is 0 Å². The second-order valence-electron chi connectivity index (χ2n) is 7.31. The lowest BCUT2D eigenvalue weighted by Crippen LogP contribution is -2.43. The molecule has 6 nitrogen and oxygen atoms in total. The van der Waals surface area contributed by atoms with Crippen molar-refractivity contribution in [2.75, 3.05) is 13.1 Å². The molecule has 1 fully saturated rings. The van der Waals surface area contributed by atoms with E-state index in [0.717, 1.165) is 41.4 Å². The zero-order valence-corrected chi connectivity index (χ0v) is 15.9. The Bertz CT molecular complexity index is 738. The normalized spacial score (nSPS) is 18.8. The lowest BCUT2D eigenvalue weighted by molar-refractivity contribution is 0.0156. The van der Waals surface area contributed by atoms with Crippen LogP contribution in [0.5, 0.6) is 0 Å². The molecule has 0 radical (unpaired) electrons. The fourth-order valence-corrected chi connectivity index (χ4v) is 3.48. The fourth-order valence-electron chi connectivity index (χ4n) is 3.04. The summed E-state index contributed by atoms with van der Waals surface area (Å²) < 4.78 is 8.38. The van der Waals surface area contributed by atoms with Gasteiger partial charge in [0.15, 0.2) is 0 Å². The van der Waals surface area contributed by atoms with E-state index in [0.29, 0.717) is 12.5 Å². The van der Waals surface area contributed by atoms with Crippen molar-refractivity contribution >= 4 is 33.1 Å². The zero-order valence-electron chi connectivity index (χ0n) is 14.3. The van der Waals surface area contributed by atoms with Crippen LogP contribution in [0.25, 0.3) is 11.0 Å². The average molecular weight is 395 g/mol. The highest BCUT2D eigenvalue weighted by Crippen LogP contribution is 2.24. The number of carbonyl (C=O) groups is 1. The Morgan fingerprint density at radius 1 is 1.42 bits per heavy atom. The van der Waals surface area contributed by atoms with Gasteiger partial charge in [-0.1, -0.05) is 11.3 Å². The van der Waals surface area contributed by atoms with Crippen molar-refractivity contribution in [2.45, 2.75) is 45.8 Å². The summed E-state index contributed by atoms with van der Waals surface area (Å²) in [6, 6.07) is 5.97. The molecule has 1 aromatic heterocycles. The average Bonchev–Trinajstić information content (AvgIpc) is 2.90. The summed E-state index contributed by atoms with van der Waals surface area (Å²) in [5.74, 6) is 0.357. The van der Waals surface area contributed by atoms with Crippen LogP contribution < -0.4 is 0 Å². The number of piperidine rings is 1. The quantitative estimate of drug-likeness (QED) is 0.775. The lowest BCUT2D eigenvalue weighted by Gasteiger charge is -2.34. The highest BCUT2D eigenvalue weighted by atomic mass is 79.9. The lowest BCUT2D eigenvalue weighted by atomic mass is 9.98. The second kappa shape index (κ2) is 6.70. The van der Waals surface area contributed by atoms with Gasteiger partial charge in [-0.25, -0.2) is 9.48 Å². The topological polar surface area (TPSA) is 60.2 Å². The Hall–Kier alpha value is -1.63. The van der Waals surface area contributed by atoms with Crippen molar-refractivity contribution in [3.05, 3.63) is 22.7 Å². The number of likely N-dealkylation sites (tertiary alicyclic amines) is 1. The molecule has 1 amide bonds. The van der Waals surface area contributed by atoms with Crippen LogP contribution >= 0.6 is 15.9 Å². The summed E-state index contributed by atoms with van der Waals surface area (Å²) in [5.41, 5.74) is 1.43. The maximum absolute atomic E-state index is 12.3. The second-order valence-corrected chi connectivity index (χ2v) is 8.17. The molecule has 0 N–H and O–H groups in total. The minimum Gasteiger partial charge on any atom is -0.444 e. The van der Waals surface area contributed by atoms with E-state index in [1.807, 2.05) is 48.6 Å². The zero-order chi connectivity index (χ0) is 17.3. The third-order valence-electron chi connectivity index (χ3n) is 4.10. The Morgan fingerprint density at radius 3 is 2.96 bits per heavy atom. The van der Waals surface area contributed by atoms with Crippen LogP contribution in [-0.4, -0.2) is 44.7 Å². The Morgan fingerprint density at radius 2 is 2.21 bits per heavy atom. The van der Waals surface area contributed by atoms with E-state index in [2.05, 4.69) is 26.2 Å². The number of carbonyl (C=O) groups excluding carboxylic acids is 1. The van der Waals surface area contributed by atoms with E-state index >= 15 is 0 Å². The summed E-state index contributed by atoms with van der Waals surface area (Å²) in [6.45, 7) is 7.90. The molecule has 0 saturated carbocycles. The van der Waals surface area contributed by atoms with E-state index in [-0.39, 0.29) is 6.09 Å². The van der Waals surface area contributed by atoms with Crippen LogP contribution in [0.4, 0.5) is 4.79 Å². The molecule has 1 aliphatic rings. The van der Waals surface area contributed by atoms with E-state index < -0.39 is 5.60 Å². The van der Waals surface area contributed by atoms with Gasteiger partial charge < -0.3 is 9.64 Å². The maximum atomic E-state index is 12.3.